The van der Waals surface area contributed by atoms with E-state index in [1.807, 2.05) is 18.2 Å². The molecule has 1 fully saturated rings. The van der Waals surface area contributed by atoms with Gasteiger partial charge in [-0.15, -0.1) is 11.3 Å². The van der Waals surface area contributed by atoms with Crippen LogP contribution in [0.2, 0.25) is 0 Å². The molecule has 1 aliphatic rings. The largest absolute Gasteiger partial charge is 0.393 e. The van der Waals surface area contributed by atoms with Crippen molar-refractivity contribution >= 4 is 27.9 Å². The van der Waals surface area contributed by atoms with Gasteiger partial charge in [-0.25, -0.2) is 4.98 Å². The average Bonchev–Trinajstić information content (AvgIpc) is 3.35. The molecule has 8 heteroatoms. The summed E-state index contributed by atoms with van der Waals surface area (Å²) in [7, 11) is 0. The van der Waals surface area contributed by atoms with E-state index in [4.69, 9.17) is 0 Å². The van der Waals surface area contributed by atoms with Crippen LogP contribution in [0.4, 0.5) is 18.9 Å². The lowest BCUT2D eigenvalue weighted by Gasteiger charge is -2.30. The number of rotatable bonds is 5. The number of anilines is 1. The van der Waals surface area contributed by atoms with Gasteiger partial charge in [-0.2, -0.15) is 13.2 Å². The Hall–Kier alpha value is -2.06. The van der Waals surface area contributed by atoms with E-state index in [0.29, 0.717) is 0 Å². The van der Waals surface area contributed by atoms with E-state index in [-0.39, 0.29) is 6.42 Å². The predicted octanol–water partition coefficient (Wildman–Crippen LogP) is 4.49. The molecule has 0 aliphatic carbocycles. The van der Waals surface area contributed by atoms with E-state index >= 15 is 0 Å². The number of piperazine rings is 1. The molecular weight excluding hydrogens is 385 g/mol. The molecule has 0 amide bonds. The highest BCUT2D eigenvalue weighted by atomic mass is 32.1. The highest BCUT2D eigenvalue weighted by Crippen LogP contribution is 2.39. The van der Waals surface area contributed by atoms with Gasteiger partial charge in [-0.3, -0.25) is 0 Å². The van der Waals surface area contributed by atoms with Gasteiger partial charge in [0.15, 0.2) is 0 Å². The number of fused-ring (bicyclic) bond motifs is 1. The van der Waals surface area contributed by atoms with Crippen LogP contribution in [-0.4, -0.2) is 41.9 Å². The van der Waals surface area contributed by atoms with Crippen LogP contribution in [0.25, 0.3) is 10.9 Å². The van der Waals surface area contributed by atoms with Crippen molar-refractivity contribution in [1.82, 2.24) is 14.9 Å². The van der Waals surface area contributed by atoms with Crippen molar-refractivity contribution in [2.24, 2.45) is 5.92 Å². The molecule has 1 aliphatic heterocycles. The fraction of sp³-hybridized carbons (Fsp3) is 0.450. The number of alkyl halides is 3. The molecular formula is C20H23F3N4S. The lowest BCUT2D eigenvalue weighted by molar-refractivity contribution is -0.180. The molecule has 0 spiro atoms. The SMILES string of the molecule is CC(C(Cc1nccs1)n1ccc2c(N3CCNCC3)cccc21)C(F)(F)F. The van der Waals surface area contributed by atoms with Crippen LogP contribution in [0.3, 0.4) is 0 Å². The maximum absolute atomic E-state index is 13.6. The number of hydrogen-bond donors (Lipinski definition) is 1. The predicted molar refractivity (Wildman–Crippen MR) is 107 cm³/mol. The summed E-state index contributed by atoms with van der Waals surface area (Å²) >= 11 is 1.40. The lowest BCUT2D eigenvalue weighted by atomic mass is 9.98. The van der Waals surface area contributed by atoms with E-state index in [1.165, 1.54) is 18.3 Å². The van der Waals surface area contributed by atoms with Gasteiger partial charge in [-0.1, -0.05) is 13.0 Å². The Labute approximate surface area is 166 Å². The average molecular weight is 408 g/mol. The van der Waals surface area contributed by atoms with Crippen molar-refractivity contribution in [1.29, 1.82) is 0 Å². The third-order valence-electron chi connectivity index (χ3n) is 5.52. The maximum Gasteiger partial charge on any atom is 0.393 e. The second kappa shape index (κ2) is 7.75. The Morgan fingerprint density at radius 3 is 2.68 bits per heavy atom. The van der Waals surface area contributed by atoms with Crippen molar-refractivity contribution in [3.8, 4) is 0 Å². The lowest BCUT2D eigenvalue weighted by Crippen LogP contribution is -2.43. The molecule has 0 saturated carbocycles. The van der Waals surface area contributed by atoms with Crippen molar-refractivity contribution in [2.75, 3.05) is 31.1 Å². The summed E-state index contributed by atoms with van der Waals surface area (Å²) < 4.78 is 42.7. The standard InChI is InChI=1S/C20H23F3N4S/c1-14(20(21,22)23)18(13-19-25-8-12-28-19)27-9-5-15-16(3-2-4-17(15)27)26-10-6-24-7-11-26/h2-5,8-9,12,14,18,24H,6-7,10-11,13H2,1H3. The van der Waals surface area contributed by atoms with Crippen molar-refractivity contribution in [3.05, 3.63) is 47.0 Å². The fourth-order valence-corrected chi connectivity index (χ4v) is 4.58. The first-order chi connectivity index (χ1) is 13.4. The van der Waals surface area contributed by atoms with Crippen LogP contribution in [0.15, 0.2) is 42.0 Å². The zero-order valence-electron chi connectivity index (χ0n) is 15.6. The highest BCUT2D eigenvalue weighted by molar-refractivity contribution is 7.09. The number of benzene rings is 1. The number of halogens is 3. The Bertz CT molecular complexity index is 913. The summed E-state index contributed by atoms with van der Waals surface area (Å²) in [5.41, 5.74) is 1.93. The van der Waals surface area contributed by atoms with E-state index in [1.54, 1.807) is 22.3 Å². The molecule has 4 nitrogen and oxygen atoms in total. The third-order valence-corrected chi connectivity index (χ3v) is 6.32. The van der Waals surface area contributed by atoms with Crippen molar-refractivity contribution in [2.45, 2.75) is 25.6 Å². The van der Waals surface area contributed by atoms with E-state index in [9.17, 15) is 13.2 Å². The zero-order valence-corrected chi connectivity index (χ0v) is 16.4. The number of thiazole rings is 1. The van der Waals surface area contributed by atoms with Crippen LogP contribution in [0, 0.1) is 5.92 Å². The highest BCUT2D eigenvalue weighted by Gasteiger charge is 2.42. The quantitative estimate of drug-likeness (QED) is 0.675. The van der Waals surface area contributed by atoms with Crippen molar-refractivity contribution in [3.63, 3.8) is 0 Å². The number of hydrogen-bond acceptors (Lipinski definition) is 4. The summed E-state index contributed by atoms with van der Waals surface area (Å²) in [6.45, 7) is 4.88. The fourth-order valence-electron chi connectivity index (χ4n) is 3.91. The van der Waals surface area contributed by atoms with Gasteiger partial charge in [0.25, 0.3) is 0 Å². The van der Waals surface area contributed by atoms with Crippen LogP contribution >= 0.6 is 11.3 Å². The summed E-state index contributed by atoms with van der Waals surface area (Å²) in [6, 6.07) is 7.13. The molecule has 2 atom stereocenters. The minimum Gasteiger partial charge on any atom is -0.368 e. The first-order valence-corrected chi connectivity index (χ1v) is 10.3. The van der Waals surface area contributed by atoms with Gasteiger partial charge in [0.1, 0.15) is 0 Å². The molecule has 2 aromatic heterocycles. The summed E-state index contributed by atoms with van der Waals surface area (Å²) in [5, 5.41) is 6.87. The van der Waals surface area contributed by atoms with Crippen LogP contribution in [0.1, 0.15) is 18.0 Å². The Kier molecular flexibility index (Phi) is 5.33. The van der Waals surface area contributed by atoms with E-state index in [0.717, 1.165) is 47.8 Å². The van der Waals surface area contributed by atoms with Crippen LogP contribution < -0.4 is 10.2 Å². The Morgan fingerprint density at radius 2 is 2.00 bits per heavy atom. The second-order valence-electron chi connectivity index (χ2n) is 7.20. The molecule has 1 saturated heterocycles. The van der Waals surface area contributed by atoms with Crippen molar-refractivity contribution < 1.29 is 13.2 Å². The third kappa shape index (κ3) is 3.75. The molecule has 3 heterocycles. The molecule has 150 valence electrons. The van der Waals surface area contributed by atoms with Gasteiger partial charge in [0.2, 0.25) is 0 Å². The Balaban J connectivity index is 1.75. The second-order valence-corrected chi connectivity index (χ2v) is 8.18. The smallest absolute Gasteiger partial charge is 0.368 e. The summed E-state index contributed by atoms with van der Waals surface area (Å²) in [5.74, 6) is -1.48. The number of aromatic nitrogens is 2. The minimum absolute atomic E-state index is 0.264. The van der Waals surface area contributed by atoms with Gasteiger partial charge >= 0.3 is 6.18 Å². The molecule has 4 rings (SSSR count). The molecule has 1 aromatic carbocycles. The van der Waals surface area contributed by atoms with Gasteiger partial charge in [0.05, 0.1) is 22.5 Å². The molecule has 0 bridgehead atoms. The topological polar surface area (TPSA) is 33.1 Å². The van der Waals surface area contributed by atoms with Crippen LogP contribution in [0.5, 0.6) is 0 Å². The van der Waals surface area contributed by atoms with Gasteiger partial charge in [-0.05, 0) is 18.2 Å². The zero-order chi connectivity index (χ0) is 19.7. The van der Waals surface area contributed by atoms with Gasteiger partial charge < -0.3 is 14.8 Å². The maximum atomic E-state index is 13.6. The molecule has 2 unspecified atom stereocenters. The first-order valence-electron chi connectivity index (χ1n) is 9.45. The van der Waals surface area contributed by atoms with E-state index in [2.05, 4.69) is 21.3 Å². The minimum atomic E-state index is -4.27. The summed E-state index contributed by atoms with van der Waals surface area (Å²) in [4.78, 5) is 6.52. The molecule has 3 aromatic rings. The normalized spacial score (nSPS) is 17.8. The Morgan fingerprint density at radius 1 is 1.21 bits per heavy atom. The first kappa shape index (κ1) is 19.3. The monoisotopic (exact) mass is 408 g/mol. The van der Waals surface area contributed by atoms with Crippen LogP contribution in [-0.2, 0) is 6.42 Å². The van der Waals surface area contributed by atoms with Gasteiger partial charge in [0, 0.05) is 61.4 Å². The van der Waals surface area contributed by atoms with E-state index < -0.39 is 18.1 Å². The number of nitrogens with one attached hydrogen (secondary N) is 1. The molecule has 1 N–H and O–H groups in total. The summed E-state index contributed by atoms with van der Waals surface area (Å²) in [6.07, 6.45) is -0.558. The molecule has 28 heavy (non-hydrogen) atoms. The number of nitrogens with zero attached hydrogens (tertiary/aromatic N) is 3. The molecule has 0 radical (unpaired) electrons.